The first-order valence-corrected chi connectivity index (χ1v) is 7.20. The quantitative estimate of drug-likeness (QED) is 0.844. The van der Waals surface area contributed by atoms with E-state index < -0.39 is 0 Å². The van der Waals surface area contributed by atoms with Crippen molar-refractivity contribution in [1.82, 2.24) is 5.32 Å². The highest BCUT2D eigenvalue weighted by molar-refractivity contribution is 5.42. The molecule has 0 saturated carbocycles. The minimum atomic E-state index is -0.0114. The normalized spacial score (nSPS) is 12.2. The molecule has 1 heterocycles. The molecule has 114 valence electrons. The molecular formula is C17H23NO3. The van der Waals surface area contributed by atoms with Gasteiger partial charge in [0.05, 0.1) is 20.3 Å². The summed E-state index contributed by atoms with van der Waals surface area (Å²) < 4.78 is 16.5. The van der Waals surface area contributed by atoms with Crippen LogP contribution in [0.3, 0.4) is 0 Å². The number of aryl methyl sites for hydroxylation is 1. The van der Waals surface area contributed by atoms with Crippen LogP contribution in [0.4, 0.5) is 0 Å². The molecule has 0 aliphatic carbocycles. The van der Waals surface area contributed by atoms with Gasteiger partial charge in [-0.1, -0.05) is 6.92 Å². The summed E-state index contributed by atoms with van der Waals surface area (Å²) in [6, 6.07) is 9.86. The highest BCUT2D eigenvalue weighted by Crippen LogP contribution is 2.30. The molecule has 1 aromatic carbocycles. The highest BCUT2D eigenvalue weighted by atomic mass is 16.5. The molecule has 4 heteroatoms. The Bertz CT molecular complexity index is 555. The first-order valence-electron chi connectivity index (χ1n) is 7.20. The van der Waals surface area contributed by atoms with Gasteiger partial charge in [-0.3, -0.25) is 0 Å². The third-order valence-corrected chi connectivity index (χ3v) is 3.35. The lowest BCUT2D eigenvalue weighted by atomic mass is 10.0. The van der Waals surface area contributed by atoms with Gasteiger partial charge in [-0.15, -0.1) is 0 Å². The lowest BCUT2D eigenvalue weighted by Gasteiger charge is -2.18. The molecule has 0 fully saturated rings. The van der Waals surface area contributed by atoms with Gasteiger partial charge >= 0.3 is 0 Å². The van der Waals surface area contributed by atoms with Crippen LogP contribution in [0.1, 0.15) is 36.5 Å². The van der Waals surface area contributed by atoms with Crippen LogP contribution in [0.2, 0.25) is 0 Å². The summed E-state index contributed by atoms with van der Waals surface area (Å²) in [5.41, 5.74) is 1.06. The Morgan fingerprint density at radius 3 is 2.24 bits per heavy atom. The lowest BCUT2D eigenvalue weighted by Crippen LogP contribution is -2.22. The van der Waals surface area contributed by atoms with E-state index >= 15 is 0 Å². The molecule has 21 heavy (non-hydrogen) atoms. The number of furan rings is 1. The van der Waals surface area contributed by atoms with Crippen LogP contribution < -0.4 is 14.8 Å². The lowest BCUT2D eigenvalue weighted by molar-refractivity contribution is 0.389. The second-order valence-electron chi connectivity index (χ2n) is 4.98. The van der Waals surface area contributed by atoms with Crippen LogP contribution in [0, 0.1) is 6.92 Å². The average molecular weight is 289 g/mol. The molecule has 0 amide bonds. The van der Waals surface area contributed by atoms with Gasteiger partial charge in [0.1, 0.15) is 23.0 Å². The standard InChI is InChI=1S/C17H23NO3/c1-5-8-18-17(16-7-6-12(2)21-16)13-9-14(19-3)11-15(10-13)20-4/h6-7,9-11,17-18H,5,8H2,1-4H3. The largest absolute Gasteiger partial charge is 0.497 e. The molecule has 4 nitrogen and oxygen atoms in total. The van der Waals surface area contributed by atoms with E-state index in [-0.39, 0.29) is 6.04 Å². The van der Waals surface area contributed by atoms with Gasteiger partial charge in [-0.25, -0.2) is 0 Å². The Hall–Kier alpha value is -1.94. The zero-order chi connectivity index (χ0) is 15.2. The van der Waals surface area contributed by atoms with Crippen molar-refractivity contribution in [2.24, 2.45) is 0 Å². The van der Waals surface area contributed by atoms with Gasteiger partial charge in [-0.05, 0) is 49.7 Å². The van der Waals surface area contributed by atoms with Crippen molar-refractivity contribution < 1.29 is 13.9 Å². The summed E-state index contributed by atoms with van der Waals surface area (Å²) in [4.78, 5) is 0. The number of methoxy groups -OCH3 is 2. The SMILES string of the molecule is CCCNC(c1cc(OC)cc(OC)c1)c1ccc(C)o1. The molecular weight excluding hydrogens is 266 g/mol. The number of rotatable bonds is 7. The van der Waals surface area contributed by atoms with Crippen LogP contribution in [0.15, 0.2) is 34.7 Å². The molecule has 0 spiro atoms. The van der Waals surface area contributed by atoms with E-state index in [0.717, 1.165) is 41.5 Å². The van der Waals surface area contributed by atoms with Gasteiger partial charge < -0.3 is 19.2 Å². The predicted octanol–water partition coefficient (Wildman–Crippen LogP) is 3.69. The molecule has 0 bridgehead atoms. The van der Waals surface area contributed by atoms with Gasteiger partial charge in [0.15, 0.2) is 0 Å². The third kappa shape index (κ3) is 3.79. The van der Waals surface area contributed by atoms with E-state index in [0.29, 0.717) is 0 Å². The molecule has 0 radical (unpaired) electrons. The minimum absolute atomic E-state index is 0.0114. The van der Waals surface area contributed by atoms with Crippen molar-refractivity contribution in [3.8, 4) is 11.5 Å². The van der Waals surface area contributed by atoms with Crippen molar-refractivity contribution in [2.45, 2.75) is 26.3 Å². The Morgan fingerprint density at radius 1 is 1.10 bits per heavy atom. The molecule has 0 saturated heterocycles. The van der Waals surface area contributed by atoms with Crippen molar-refractivity contribution in [2.75, 3.05) is 20.8 Å². The second-order valence-corrected chi connectivity index (χ2v) is 4.98. The number of nitrogens with one attached hydrogen (secondary N) is 1. The van der Waals surface area contributed by atoms with E-state index in [4.69, 9.17) is 13.9 Å². The fourth-order valence-electron chi connectivity index (χ4n) is 2.28. The molecule has 1 unspecified atom stereocenters. The zero-order valence-electron chi connectivity index (χ0n) is 13.1. The maximum Gasteiger partial charge on any atom is 0.125 e. The van der Waals surface area contributed by atoms with Crippen LogP contribution in [0.5, 0.6) is 11.5 Å². The second kappa shape index (κ2) is 7.18. The molecule has 2 rings (SSSR count). The summed E-state index contributed by atoms with van der Waals surface area (Å²) in [5, 5.41) is 3.51. The highest BCUT2D eigenvalue weighted by Gasteiger charge is 2.18. The van der Waals surface area contributed by atoms with Crippen LogP contribution >= 0.6 is 0 Å². The molecule has 1 N–H and O–H groups in total. The number of ether oxygens (including phenoxy) is 2. The first-order chi connectivity index (χ1) is 10.2. The maximum absolute atomic E-state index is 5.80. The Labute approximate surface area is 126 Å². The van der Waals surface area contributed by atoms with E-state index in [1.165, 1.54) is 0 Å². The fraction of sp³-hybridized carbons (Fsp3) is 0.412. The van der Waals surface area contributed by atoms with E-state index in [9.17, 15) is 0 Å². The molecule has 1 atom stereocenters. The van der Waals surface area contributed by atoms with Crippen molar-refractivity contribution in [3.05, 3.63) is 47.4 Å². The van der Waals surface area contributed by atoms with Crippen molar-refractivity contribution in [1.29, 1.82) is 0 Å². The van der Waals surface area contributed by atoms with Gasteiger partial charge in [0, 0.05) is 6.07 Å². The number of hydrogen-bond donors (Lipinski definition) is 1. The maximum atomic E-state index is 5.80. The summed E-state index contributed by atoms with van der Waals surface area (Å²) in [5.74, 6) is 3.35. The van der Waals surface area contributed by atoms with Crippen LogP contribution in [0.25, 0.3) is 0 Å². The topological polar surface area (TPSA) is 43.6 Å². The monoisotopic (exact) mass is 289 g/mol. The Morgan fingerprint density at radius 2 is 1.76 bits per heavy atom. The molecule has 2 aromatic rings. The third-order valence-electron chi connectivity index (χ3n) is 3.35. The Kier molecular flexibility index (Phi) is 5.28. The van der Waals surface area contributed by atoms with E-state index in [2.05, 4.69) is 12.2 Å². The smallest absolute Gasteiger partial charge is 0.125 e. The van der Waals surface area contributed by atoms with Gasteiger partial charge in [-0.2, -0.15) is 0 Å². The molecule has 0 aliphatic rings. The number of benzene rings is 1. The first kappa shape index (κ1) is 15.4. The minimum Gasteiger partial charge on any atom is -0.497 e. The zero-order valence-corrected chi connectivity index (χ0v) is 13.1. The molecule has 1 aromatic heterocycles. The summed E-state index contributed by atoms with van der Waals surface area (Å²) >= 11 is 0. The Balaban J connectivity index is 2.40. The van der Waals surface area contributed by atoms with Gasteiger partial charge in [0.2, 0.25) is 0 Å². The van der Waals surface area contributed by atoms with Gasteiger partial charge in [0.25, 0.3) is 0 Å². The van der Waals surface area contributed by atoms with E-state index in [1.807, 2.05) is 37.3 Å². The van der Waals surface area contributed by atoms with E-state index in [1.54, 1.807) is 14.2 Å². The fourth-order valence-corrected chi connectivity index (χ4v) is 2.28. The average Bonchev–Trinajstić information content (AvgIpc) is 2.93. The number of hydrogen-bond acceptors (Lipinski definition) is 4. The summed E-state index contributed by atoms with van der Waals surface area (Å²) in [6.07, 6.45) is 1.05. The van der Waals surface area contributed by atoms with Crippen molar-refractivity contribution >= 4 is 0 Å². The van der Waals surface area contributed by atoms with Crippen LogP contribution in [-0.2, 0) is 0 Å². The summed E-state index contributed by atoms with van der Waals surface area (Å²) in [6.45, 7) is 5.00. The predicted molar refractivity (Wildman–Crippen MR) is 83.1 cm³/mol. The van der Waals surface area contributed by atoms with Crippen LogP contribution in [-0.4, -0.2) is 20.8 Å². The molecule has 0 aliphatic heterocycles. The van der Waals surface area contributed by atoms with Crippen molar-refractivity contribution in [3.63, 3.8) is 0 Å². The summed E-state index contributed by atoms with van der Waals surface area (Å²) in [7, 11) is 3.31.